The summed E-state index contributed by atoms with van der Waals surface area (Å²) in [5.74, 6) is 0.367. The third-order valence-corrected chi connectivity index (χ3v) is 6.72. The number of hydrogen-bond donors (Lipinski definition) is 0. The number of nitrogens with zero attached hydrogens (tertiary/aromatic N) is 3. The van der Waals surface area contributed by atoms with Gasteiger partial charge < -0.3 is 9.80 Å². The molecule has 28 heavy (non-hydrogen) atoms. The molecule has 7 heteroatoms. The summed E-state index contributed by atoms with van der Waals surface area (Å²) in [5.41, 5.74) is 3.30. The molecule has 0 saturated carbocycles. The predicted octanol–water partition coefficient (Wildman–Crippen LogP) is 2.28. The van der Waals surface area contributed by atoms with Crippen LogP contribution in [0.2, 0.25) is 0 Å². The molecule has 1 unspecified atom stereocenters. The van der Waals surface area contributed by atoms with E-state index in [-0.39, 0.29) is 17.7 Å². The monoisotopic (exact) mass is 399 g/mol. The molecule has 3 aliphatic rings. The number of aryl methyl sites for hydroxylation is 1. The lowest BCUT2D eigenvalue weighted by Gasteiger charge is -2.36. The number of amides is 1. The standard InChI is InChI=1S/C21H25N3O3S/c1-2-11-24(19-9-7-16-5-3-4-6-17(16)14-19)21(25)18-8-10-20-22-28(26,27)13-12-23(20)15-18/h3-6,8,10,15,19H,2,7,9,11-14H2,1H3. The molecule has 0 N–H and O–H groups in total. The molecule has 0 radical (unpaired) electrons. The van der Waals surface area contributed by atoms with Crippen LogP contribution in [-0.4, -0.2) is 54.8 Å². The zero-order valence-electron chi connectivity index (χ0n) is 16.0. The first-order valence-corrected chi connectivity index (χ1v) is 11.4. The number of benzene rings is 1. The Bertz CT molecular complexity index is 978. The van der Waals surface area contributed by atoms with Gasteiger partial charge in [-0.3, -0.25) is 4.79 Å². The quantitative estimate of drug-likeness (QED) is 0.779. The highest BCUT2D eigenvalue weighted by molar-refractivity contribution is 7.90. The summed E-state index contributed by atoms with van der Waals surface area (Å²) in [6.45, 7) is 3.13. The summed E-state index contributed by atoms with van der Waals surface area (Å²) < 4.78 is 27.1. The molecule has 0 saturated heterocycles. The molecule has 148 valence electrons. The van der Waals surface area contributed by atoms with Gasteiger partial charge in [0.2, 0.25) is 0 Å². The molecule has 6 nitrogen and oxygen atoms in total. The van der Waals surface area contributed by atoms with Crippen molar-refractivity contribution < 1.29 is 13.2 Å². The predicted molar refractivity (Wildman–Crippen MR) is 109 cm³/mol. The molecule has 0 fully saturated rings. The van der Waals surface area contributed by atoms with Crippen molar-refractivity contribution in [2.24, 2.45) is 4.40 Å². The Balaban J connectivity index is 1.55. The minimum Gasteiger partial charge on any atom is -0.335 e. The average molecular weight is 400 g/mol. The summed E-state index contributed by atoms with van der Waals surface area (Å²) in [4.78, 5) is 17.1. The Morgan fingerprint density at radius 3 is 2.82 bits per heavy atom. The van der Waals surface area contributed by atoms with E-state index in [0.717, 1.165) is 25.7 Å². The molecule has 1 aromatic rings. The second-order valence-corrected chi connectivity index (χ2v) is 9.27. The van der Waals surface area contributed by atoms with Crippen molar-refractivity contribution in [1.29, 1.82) is 0 Å². The van der Waals surface area contributed by atoms with Crippen molar-refractivity contribution in [1.82, 2.24) is 9.80 Å². The average Bonchev–Trinajstić information content (AvgIpc) is 2.70. The van der Waals surface area contributed by atoms with Crippen LogP contribution < -0.4 is 0 Å². The lowest BCUT2D eigenvalue weighted by Crippen LogP contribution is -2.45. The number of rotatable bonds is 4. The molecule has 1 amide bonds. The molecule has 0 aromatic heterocycles. The fraction of sp³-hybridized carbons (Fsp3) is 0.429. The van der Waals surface area contributed by atoms with Gasteiger partial charge in [0.1, 0.15) is 5.84 Å². The van der Waals surface area contributed by atoms with Crippen LogP contribution in [0.1, 0.15) is 30.9 Å². The van der Waals surface area contributed by atoms with Crippen LogP contribution in [0.25, 0.3) is 0 Å². The van der Waals surface area contributed by atoms with Gasteiger partial charge in [0.25, 0.3) is 15.9 Å². The van der Waals surface area contributed by atoms with Crippen LogP contribution in [-0.2, 0) is 27.7 Å². The third-order valence-electron chi connectivity index (χ3n) is 5.56. The van der Waals surface area contributed by atoms with E-state index in [1.807, 2.05) is 4.90 Å². The molecule has 1 aliphatic carbocycles. The number of hydrogen-bond acceptors (Lipinski definition) is 4. The number of carbonyl (C=O) groups is 1. The molecule has 4 rings (SSSR count). The second-order valence-electron chi connectivity index (χ2n) is 7.51. The van der Waals surface area contributed by atoms with Crippen molar-refractivity contribution in [3.05, 3.63) is 59.3 Å². The minimum atomic E-state index is -3.39. The van der Waals surface area contributed by atoms with Crippen LogP contribution >= 0.6 is 0 Å². The number of sulfonamides is 1. The smallest absolute Gasteiger partial charge is 0.256 e. The largest absolute Gasteiger partial charge is 0.335 e. The highest BCUT2D eigenvalue weighted by Crippen LogP contribution is 2.26. The second kappa shape index (κ2) is 7.54. The van der Waals surface area contributed by atoms with Gasteiger partial charge in [-0.1, -0.05) is 31.2 Å². The maximum Gasteiger partial charge on any atom is 0.256 e. The van der Waals surface area contributed by atoms with E-state index in [1.165, 1.54) is 11.1 Å². The molecule has 1 aromatic carbocycles. The summed E-state index contributed by atoms with van der Waals surface area (Å²) in [5, 5.41) is 0. The van der Waals surface area contributed by atoms with Gasteiger partial charge in [-0.05, 0) is 49.0 Å². The van der Waals surface area contributed by atoms with Crippen LogP contribution in [0.15, 0.2) is 52.6 Å². The molecular weight excluding hydrogens is 374 g/mol. The van der Waals surface area contributed by atoms with Crippen LogP contribution in [0, 0.1) is 0 Å². The van der Waals surface area contributed by atoms with Gasteiger partial charge in [0.15, 0.2) is 0 Å². The van der Waals surface area contributed by atoms with E-state index in [1.54, 1.807) is 23.3 Å². The summed E-state index contributed by atoms with van der Waals surface area (Å²) >= 11 is 0. The molecular formula is C21H25N3O3S. The number of fused-ring (bicyclic) bond motifs is 2. The van der Waals surface area contributed by atoms with Crippen molar-refractivity contribution in [2.75, 3.05) is 18.8 Å². The summed E-state index contributed by atoms with van der Waals surface area (Å²) in [6.07, 6.45) is 8.80. The Morgan fingerprint density at radius 2 is 2.04 bits per heavy atom. The maximum atomic E-state index is 13.3. The van der Waals surface area contributed by atoms with E-state index >= 15 is 0 Å². The van der Waals surface area contributed by atoms with Crippen LogP contribution in [0.5, 0.6) is 0 Å². The Labute approximate surface area is 166 Å². The summed E-state index contributed by atoms with van der Waals surface area (Å²) in [7, 11) is -3.39. The first kappa shape index (κ1) is 18.9. The Hall–Kier alpha value is -2.41. The third kappa shape index (κ3) is 3.76. The van der Waals surface area contributed by atoms with Gasteiger partial charge in [-0.2, -0.15) is 0 Å². The van der Waals surface area contributed by atoms with Gasteiger partial charge in [0.05, 0.1) is 11.3 Å². The van der Waals surface area contributed by atoms with Crippen LogP contribution in [0.4, 0.5) is 0 Å². The van der Waals surface area contributed by atoms with Crippen molar-refractivity contribution in [3.63, 3.8) is 0 Å². The lowest BCUT2D eigenvalue weighted by molar-refractivity contribution is -0.129. The molecule has 1 atom stereocenters. The number of carbonyl (C=O) groups excluding carboxylic acids is 1. The Kier molecular flexibility index (Phi) is 5.10. The maximum absolute atomic E-state index is 13.3. The van der Waals surface area contributed by atoms with Crippen LogP contribution in [0.3, 0.4) is 0 Å². The minimum absolute atomic E-state index is 0.00922. The first-order chi connectivity index (χ1) is 13.5. The SMILES string of the molecule is CCCN(C(=O)C1=CN2CCS(=O)(=O)N=C2C=C1)C1CCc2ccccc2C1. The molecule has 0 spiro atoms. The van der Waals surface area contributed by atoms with E-state index in [0.29, 0.717) is 24.5 Å². The van der Waals surface area contributed by atoms with E-state index < -0.39 is 10.0 Å². The van der Waals surface area contributed by atoms with E-state index in [4.69, 9.17) is 0 Å². The first-order valence-electron chi connectivity index (χ1n) is 9.84. The van der Waals surface area contributed by atoms with Crippen molar-refractivity contribution in [2.45, 2.75) is 38.6 Å². The highest BCUT2D eigenvalue weighted by Gasteiger charge is 2.31. The lowest BCUT2D eigenvalue weighted by atomic mass is 9.87. The van der Waals surface area contributed by atoms with Crippen molar-refractivity contribution in [3.8, 4) is 0 Å². The normalized spacial score (nSPS) is 22.6. The van der Waals surface area contributed by atoms with Gasteiger partial charge in [0, 0.05) is 25.3 Å². The zero-order chi connectivity index (χ0) is 19.7. The zero-order valence-corrected chi connectivity index (χ0v) is 16.9. The van der Waals surface area contributed by atoms with Crippen molar-refractivity contribution >= 4 is 21.8 Å². The van der Waals surface area contributed by atoms with E-state index in [9.17, 15) is 13.2 Å². The van der Waals surface area contributed by atoms with Gasteiger partial charge in [-0.15, -0.1) is 4.40 Å². The highest BCUT2D eigenvalue weighted by atomic mass is 32.2. The fourth-order valence-corrected chi connectivity index (χ4v) is 5.10. The molecule has 0 bridgehead atoms. The topological polar surface area (TPSA) is 70.1 Å². The van der Waals surface area contributed by atoms with Gasteiger partial charge >= 0.3 is 0 Å². The van der Waals surface area contributed by atoms with Gasteiger partial charge in [-0.25, -0.2) is 8.42 Å². The van der Waals surface area contributed by atoms with E-state index in [2.05, 4.69) is 35.6 Å². The fourth-order valence-electron chi connectivity index (χ4n) is 4.13. The summed E-state index contributed by atoms with van der Waals surface area (Å²) in [6, 6.07) is 8.66. The molecule has 2 heterocycles. The number of amidine groups is 1. The Morgan fingerprint density at radius 1 is 1.25 bits per heavy atom. The molecule has 2 aliphatic heterocycles.